The number of benzene rings is 1. The van der Waals surface area contributed by atoms with Crippen molar-refractivity contribution in [1.82, 2.24) is 4.90 Å². The Morgan fingerprint density at radius 3 is 2.54 bits per heavy atom. The molecule has 2 aliphatic rings. The number of rotatable bonds is 5. The molecule has 7 heteroatoms. The number of para-hydroxylation sites is 1. The molecule has 1 aromatic carbocycles. The van der Waals surface area contributed by atoms with Crippen LogP contribution >= 0.6 is 0 Å². The lowest BCUT2D eigenvalue weighted by atomic mass is 9.77. The maximum absolute atomic E-state index is 12.9. The van der Waals surface area contributed by atoms with E-state index in [1.807, 2.05) is 36.5 Å². The molecule has 0 saturated carbocycles. The summed E-state index contributed by atoms with van der Waals surface area (Å²) in [5.74, 6) is -1.74. The number of imide groups is 1. The van der Waals surface area contributed by atoms with Crippen LogP contribution < -0.4 is 10.1 Å². The number of carbonyl (C=O) groups is 3. The minimum absolute atomic E-state index is 0.256. The van der Waals surface area contributed by atoms with Gasteiger partial charge in [0.25, 0.3) is 0 Å². The largest absolute Gasteiger partial charge is 0.496 e. The maximum Gasteiger partial charge on any atom is 0.368 e. The summed E-state index contributed by atoms with van der Waals surface area (Å²) in [4.78, 5) is 39.7. The number of hydrogen-bond acceptors (Lipinski definition) is 5. The highest BCUT2D eigenvalue weighted by Crippen LogP contribution is 2.47. The Balaban J connectivity index is 2.17. The van der Waals surface area contributed by atoms with Crippen LogP contribution in [0.3, 0.4) is 0 Å². The lowest BCUT2D eigenvalue weighted by molar-refractivity contribution is -0.735. The maximum atomic E-state index is 12.9. The van der Waals surface area contributed by atoms with Crippen molar-refractivity contribution in [2.75, 3.05) is 21.3 Å². The van der Waals surface area contributed by atoms with Gasteiger partial charge in [-0.15, -0.1) is 0 Å². The second-order valence-corrected chi connectivity index (χ2v) is 6.96. The fourth-order valence-corrected chi connectivity index (χ4v) is 4.63. The number of nitrogens with two attached hydrogens (primary N) is 1. The molecule has 0 spiro atoms. The first-order chi connectivity index (χ1) is 12.4. The average Bonchev–Trinajstić information content (AvgIpc) is 3.11. The Labute approximate surface area is 152 Å². The van der Waals surface area contributed by atoms with Gasteiger partial charge >= 0.3 is 5.97 Å². The van der Waals surface area contributed by atoms with Crippen molar-refractivity contribution in [3.8, 4) is 5.75 Å². The van der Waals surface area contributed by atoms with Crippen LogP contribution in [0.4, 0.5) is 0 Å². The standard InChI is InChI=1S/C19H24N2O5/c1-5-10-19(18(24)26-4)14-13(16(22)21(2)17(14)23)15(20-19)11-8-6-7-9-12(11)25-3/h6-9,13-15,20H,5,10H2,1-4H3/p+1/t13-,14+,15-,19-/m0/s1. The molecule has 4 atom stereocenters. The highest BCUT2D eigenvalue weighted by Gasteiger charge is 2.71. The number of likely N-dealkylation sites (tertiary alicyclic amines) is 1. The van der Waals surface area contributed by atoms with Gasteiger partial charge in [-0.25, -0.2) is 4.79 Å². The molecule has 2 amide bonds. The van der Waals surface area contributed by atoms with Gasteiger partial charge in [-0.05, 0) is 18.6 Å². The summed E-state index contributed by atoms with van der Waals surface area (Å²) >= 11 is 0. The van der Waals surface area contributed by atoms with E-state index in [9.17, 15) is 14.4 Å². The Kier molecular flexibility index (Phi) is 4.75. The number of nitrogens with zero attached hydrogens (tertiary/aromatic N) is 1. The first kappa shape index (κ1) is 18.4. The highest BCUT2D eigenvalue weighted by molar-refractivity contribution is 6.08. The van der Waals surface area contributed by atoms with E-state index in [-0.39, 0.29) is 17.9 Å². The van der Waals surface area contributed by atoms with E-state index in [0.717, 1.165) is 10.5 Å². The first-order valence-corrected chi connectivity index (χ1v) is 8.81. The molecule has 2 heterocycles. The second kappa shape index (κ2) is 6.72. The third kappa shape index (κ3) is 2.41. The molecule has 7 nitrogen and oxygen atoms in total. The molecule has 0 aliphatic carbocycles. The summed E-state index contributed by atoms with van der Waals surface area (Å²) in [5, 5.41) is 1.86. The van der Waals surface area contributed by atoms with Gasteiger partial charge in [0.05, 0.1) is 19.8 Å². The number of carbonyl (C=O) groups excluding carboxylic acids is 3. The molecule has 2 fully saturated rings. The van der Waals surface area contributed by atoms with Crippen LogP contribution in [0.15, 0.2) is 24.3 Å². The molecule has 0 unspecified atom stereocenters. The molecular weight excluding hydrogens is 336 g/mol. The third-order valence-electron chi connectivity index (χ3n) is 5.72. The smallest absolute Gasteiger partial charge is 0.368 e. The Morgan fingerprint density at radius 2 is 1.92 bits per heavy atom. The van der Waals surface area contributed by atoms with E-state index in [2.05, 4.69) is 0 Å². The predicted octanol–water partition coefficient (Wildman–Crippen LogP) is 0.256. The van der Waals surface area contributed by atoms with Gasteiger partial charge in [-0.2, -0.15) is 0 Å². The van der Waals surface area contributed by atoms with E-state index >= 15 is 0 Å². The average molecular weight is 361 g/mol. The molecule has 2 N–H and O–H groups in total. The van der Waals surface area contributed by atoms with Crippen LogP contribution in [0.2, 0.25) is 0 Å². The van der Waals surface area contributed by atoms with Crippen LogP contribution in [0.1, 0.15) is 31.4 Å². The predicted molar refractivity (Wildman–Crippen MR) is 92.1 cm³/mol. The number of methoxy groups -OCH3 is 2. The van der Waals surface area contributed by atoms with E-state index in [1.165, 1.54) is 14.2 Å². The molecule has 2 saturated heterocycles. The Hall–Kier alpha value is -2.41. The van der Waals surface area contributed by atoms with Crippen LogP contribution in [-0.4, -0.2) is 49.5 Å². The summed E-state index contributed by atoms with van der Waals surface area (Å²) in [6, 6.07) is 7.03. The summed E-state index contributed by atoms with van der Waals surface area (Å²) in [5.41, 5.74) is -0.291. The lowest BCUT2D eigenvalue weighted by Gasteiger charge is -2.28. The molecule has 26 heavy (non-hydrogen) atoms. The second-order valence-electron chi connectivity index (χ2n) is 6.96. The van der Waals surface area contributed by atoms with Crippen molar-refractivity contribution in [2.45, 2.75) is 31.3 Å². The number of hydrogen-bond donors (Lipinski definition) is 1. The fourth-order valence-electron chi connectivity index (χ4n) is 4.63. The summed E-state index contributed by atoms with van der Waals surface area (Å²) in [7, 11) is 4.37. The van der Waals surface area contributed by atoms with Gasteiger partial charge in [0.1, 0.15) is 23.6 Å². The lowest BCUT2D eigenvalue weighted by Crippen LogP contribution is -2.98. The van der Waals surface area contributed by atoms with Gasteiger partial charge in [0.15, 0.2) is 0 Å². The van der Waals surface area contributed by atoms with Crippen LogP contribution in [0.25, 0.3) is 0 Å². The Bertz CT molecular complexity index is 749. The Morgan fingerprint density at radius 1 is 1.23 bits per heavy atom. The molecule has 0 bridgehead atoms. The van der Waals surface area contributed by atoms with Crippen LogP contribution in [0, 0.1) is 11.8 Å². The zero-order valence-corrected chi connectivity index (χ0v) is 15.5. The number of quaternary nitrogens is 1. The first-order valence-electron chi connectivity index (χ1n) is 8.81. The van der Waals surface area contributed by atoms with Crippen LogP contribution in [-0.2, 0) is 19.1 Å². The normalized spacial score (nSPS) is 30.5. The summed E-state index contributed by atoms with van der Waals surface area (Å²) in [6.07, 6.45) is 1.15. The van der Waals surface area contributed by atoms with E-state index in [4.69, 9.17) is 9.47 Å². The van der Waals surface area contributed by atoms with Crippen LogP contribution in [0.5, 0.6) is 5.75 Å². The summed E-state index contributed by atoms with van der Waals surface area (Å²) < 4.78 is 10.5. The van der Waals surface area contributed by atoms with Gasteiger partial charge in [-0.3, -0.25) is 14.5 Å². The van der Waals surface area contributed by atoms with E-state index in [0.29, 0.717) is 18.6 Å². The molecule has 1 aromatic rings. The number of amides is 2. The van der Waals surface area contributed by atoms with Gasteiger partial charge in [-0.1, -0.05) is 19.1 Å². The topological polar surface area (TPSA) is 89.5 Å². The molecule has 3 rings (SSSR count). The van der Waals surface area contributed by atoms with Crippen molar-refractivity contribution in [1.29, 1.82) is 0 Å². The van der Waals surface area contributed by atoms with E-state index in [1.54, 1.807) is 7.11 Å². The fraction of sp³-hybridized carbons (Fsp3) is 0.526. The molecule has 0 aromatic heterocycles. The van der Waals surface area contributed by atoms with Gasteiger partial charge < -0.3 is 14.8 Å². The van der Waals surface area contributed by atoms with Gasteiger partial charge in [0, 0.05) is 13.5 Å². The molecule has 2 aliphatic heterocycles. The minimum Gasteiger partial charge on any atom is -0.496 e. The molecule has 0 radical (unpaired) electrons. The number of fused-ring (bicyclic) bond motifs is 1. The number of ether oxygens (including phenoxy) is 2. The van der Waals surface area contributed by atoms with Crippen molar-refractivity contribution >= 4 is 17.8 Å². The zero-order valence-electron chi connectivity index (χ0n) is 15.5. The summed E-state index contributed by atoms with van der Waals surface area (Å²) in [6.45, 7) is 1.95. The van der Waals surface area contributed by atoms with Gasteiger partial charge in [0.2, 0.25) is 17.4 Å². The minimum atomic E-state index is -1.10. The van der Waals surface area contributed by atoms with Crippen molar-refractivity contribution in [2.24, 2.45) is 11.8 Å². The molecular formula is C19H25N2O5+. The SMILES string of the molecule is CCC[C@]1(C(=O)OC)[NH2+][C@@H](c2ccccc2OC)[C@H]2C(=O)N(C)C(=O)[C@@H]21. The quantitative estimate of drug-likeness (QED) is 0.600. The van der Waals surface area contributed by atoms with E-state index < -0.39 is 23.3 Å². The van der Waals surface area contributed by atoms with Crippen molar-refractivity contribution in [3.05, 3.63) is 29.8 Å². The zero-order chi connectivity index (χ0) is 19.1. The molecule has 140 valence electrons. The van der Waals surface area contributed by atoms with Crippen molar-refractivity contribution in [3.63, 3.8) is 0 Å². The third-order valence-corrected chi connectivity index (χ3v) is 5.72. The highest BCUT2D eigenvalue weighted by atomic mass is 16.5. The van der Waals surface area contributed by atoms with Crippen molar-refractivity contribution < 1.29 is 29.2 Å². The number of esters is 1. The monoisotopic (exact) mass is 361 g/mol.